The number of thioether (sulfide) groups is 1. The van der Waals surface area contributed by atoms with E-state index >= 15 is 0 Å². The highest BCUT2D eigenvalue weighted by Gasteiger charge is 2.24. The van der Waals surface area contributed by atoms with Gasteiger partial charge in [0.1, 0.15) is 0 Å². The molecule has 2 rings (SSSR count). The molecular formula is C15H23N3S. The number of nitrogens with two attached hydrogens (primary N) is 1. The number of nitrogens with zero attached hydrogens (tertiary/aromatic N) is 2. The van der Waals surface area contributed by atoms with E-state index in [1.807, 2.05) is 24.2 Å². The number of hydrogen-bond donors (Lipinski definition) is 1. The van der Waals surface area contributed by atoms with Crippen LogP contribution in [0.4, 0.5) is 0 Å². The summed E-state index contributed by atoms with van der Waals surface area (Å²) in [6.07, 6.45) is 2.99. The fourth-order valence-electron chi connectivity index (χ4n) is 2.09. The average molecular weight is 277 g/mol. The van der Waals surface area contributed by atoms with E-state index in [9.17, 15) is 0 Å². The van der Waals surface area contributed by atoms with Crippen LogP contribution in [0, 0.1) is 0 Å². The first kappa shape index (κ1) is 14.4. The van der Waals surface area contributed by atoms with Crippen LogP contribution in [-0.4, -0.2) is 41.7 Å². The smallest absolute Gasteiger partial charge is 0.0858 e. The zero-order chi connectivity index (χ0) is 13.7. The van der Waals surface area contributed by atoms with Gasteiger partial charge in [-0.3, -0.25) is 4.99 Å². The van der Waals surface area contributed by atoms with Gasteiger partial charge in [0.2, 0.25) is 0 Å². The molecule has 1 aromatic rings. The summed E-state index contributed by atoms with van der Waals surface area (Å²) in [7, 11) is 0. The van der Waals surface area contributed by atoms with Crippen molar-refractivity contribution in [1.29, 1.82) is 0 Å². The summed E-state index contributed by atoms with van der Waals surface area (Å²) in [6, 6.07) is 10.7. The lowest BCUT2D eigenvalue weighted by atomic mass is 10.1. The SMILES string of the molecule is CC1(C)CN(CC[C@@H](N)CSc2ccccc2)C=N1. The van der Waals surface area contributed by atoms with Crippen molar-refractivity contribution in [1.82, 2.24) is 4.90 Å². The summed E-state index contributed by atoms with van der Waals surface area (Å²) in [4.78, 5) is 8.04. The van der Waals surface area contributed by atoms with E-state index < -0.39 is 0 Å². The molecule has 0 saturated carbocycles. The molecule has 0 radical (unpaired) electrons. The first-order valence-corrected chi connectivity index (χ1v) is 7.76. The highest BCUT2D eigenvalue weighted by atomic mass is 32.2. The van der Waals surface area contributed by atoms with Crippen molar-refractivity contribution in [2.75, 3.05) is 18.8 Å². The van der Waals surface area contributed by atoms with E-state index in [2.05, 4.69) is 48.0 Å². The first-order valence-electron chi connectivity index (χ1n) is 6.78. The van der Waals surface area contributed by atoms with Gasteiger partial charge in [-0.2, -0.15) is 0 Å². The highest BCUT2D eigenvalue weighted by Crippen LogP contribution is 2.19. The second kappa shape index (κ2) is 6.44. The van der Waals surface area contributed by atoms with Crippen LogP contribution in [0.15, 0.2) is 40.2 Å². The van der Waals surface area contributed by atoms with Crippen molar-refractivity contribution in [3.8, 4) is 0 Å². The van der Waals surface area contributed by atoms with E-state index in [-0.39, 0.29) is 11.6 Å². The third-order valence-electron chi connectivity index (χ3n) is 3.15. The third-order valence-corrected chi connectivity index (χ3v) is 4.36. The highest BCUT2D eigenvalue weighted by molar-refractivity contribution is 7.99. The summed E-state index contributed by atoms with van der Waals surface area (Å²) in [5, 5.41) is 0. The number of hydrogen-bond acceptors (Lipinski definition) is 4. The molecule has 2 N–H and O–H groups in total. The van der Waals surface area contributed by atoms with Crippen LogP contribution in [-0.2, 0) is 0 Å². The van der Waals surface area contributed by atoms with Crippen molar-refractivity contribution < 1.29 is 0 Å². The molecule has 0 spiro atoms. The number of benzene rings is 1. The van der Waals surface area contributed by atoms with Crippen molar-refractivity contribution in [3.05, 3.63) is 30.3 Å². The van der Waals surface area contributed by atoms with Crippen LogP contribution >= 0.6 is 11.8 Å². The van der Waals surface area contributed by atoms with Gasteiger partial charge in [0.25, 0.3) is 0 Å². The minimum absolute atomic E-state index is 0.0723. The quantitative estimate of drug-likeness (QED) is 0.813. The monoisotopic (exact) mass is 277 g/mol. The van der Waals surface area contributed by atoms with E-state index in [1.54, 1.807) is 0 Å². The van der Waals surface area contributed by atoms with Crippen LogP contribution in [0.1, 0.15) is 20.3 Å². The maximum absolute atomic E-state index is 6.18. The normalized spacial score (nSPS) is 18.8. The Morgan fingerprint density at radius 2 is 2.11 bits per heavy atom. The molecule has 1 atom stereocenters. The Balaban J connectivity index is 1.65. The maximum Gasteiger partial charge on any atom is 0.0858 e. The fraction of sp³-hybridized carbons (Fsp3) is 0.533. The van der Waals surface area contributed by atoms with Crippen LogP contribution in [0.5, 0.6) is 0 Å². The lowest BCUT2D eigenvalue weighted by Gasteiger charge is -2.21. The fourth-order valence-corrected chi connectivity index (χ4v) is 3.01. The van der Waals surface area contributed by atoms with Crippen molar-refractivity contribution in [2.24, 2.45) is 10.7 Å². The summed E-state index contributed by atoms with van der Waals surface area (Å²) >= 11 is 1.83. The van der Waals surface area contributed by atoms with Crippen LogP contribution in [0.2, 0.25) is 0 Å². The third kappa shape index (κ3) is 4.88. The molecule has 4 heteroatoms. The van der Waals surface area contributed by atoms with Crippen molar-refractivity contribution in [2.45, 2.75) is 36.7 Å². The van der Waals surface area contributed by atoms with Crippen molar-refractivity contribution in [3.63, 3.8) is 0 Å². The summed E-state index contributed by atoms with van der Waals surface area (Å²) in [5.41, 5.74) is 6.25. The molecule has 1 aliphatic rings. The van der Waals surface area contributed by atoms with E-state index in [4.69, 9.17) is 5.73 Å². The predicted octanol–water partition coefficient (Wildman–Crippen LogP) is 2.62. The molecule has 104 valence electrons. The maximum atomic E-state index is 6.18. The Kier molecular flexibility index (Phi) is 4.88. The van der Waals surface area contributed by atoms with Crippen molar-refractivity contribution >= 4 is 18.1 Å². The number of aliphatic imine (C=N–C) groups is 1. The Hall–Kier alpha value is -1.00. The Morgan fingerprint density at radius 3 is 2.74 bits per heavy atom. The zero-order valence-electron chi connectivity index (χ0n) is 11.7. The molecule has 0 saturated heterocycles. The van der Waals surface area contributed by atoms with Gasteiger partial charge in [-0.1, -0.05) is 18.2 Å². The van der Waals surface area contributed by atoms with Gasteiger partial charge in [-0.25, -0.2) is 0 Å². The molecule has 3 nitrogen and oxygen atoms in total. The standard InChI is InChI=1S/C15H23N3S/c1-15(2)11-18(12-17-15)9-8-13(16)10-19-14-6-4-3-5-7-14/h3-7,12-13H,8-11,16H2,1-2H3/t13-/m1/s1. The van der Waals surface area contributed by atoms with Gasteiger partial charge in [-0.05, 0) is 32.4 Å². The molecule has 19 heavy (non-hydrogen) atoms. The van der Waals surface area contributed by atoms with Crippen LogP contribution < -0.4 is 5.73 Å². The Morgan fingerprint density at radius 1 is 1.37 bits per heavy atom. The van der Waals surface area contributed by atoms with Gasteiger partial charge in [-0.15, -0.1) is 11.8 Å². The predicted molar refractivity (Wildman–Crippen MR) is 83.9 cm³/mol. The molecule has 1 heterocycles. The minimum atomic E-state index is 0.0723. The topological polar surface area (TPSA) is 41.6 Å². The van der Waals surface area contributed by atoms with Crippen LogP contribution in [0.25, 0.3) is 0 Å². The largest absolute Gasteiger partial charge is 0.360 e. The molecule has 0 fully saturated rings. The molecule has 0 aromatic heterocycles. The summed E-state index contributed by atoms with van der Waals surface area (Å²) in [6.45, 7) is 6.33. The summed E-state index contributed by atoms with van der Waals surface area (Å²) < 4.78 is 0. The van der Waals surface area contributed by atoms with Gasteiger partial charge < -0.3 is 10.6 Å². The molecule has 0 amide bonds. The zero-order valence-corrected chi connectivity index (χ0v) is 12.6. The minimum Gasteiger partial charge on any atom is -0.360 e. The Bertz CT molecular complexity index is 417. The molecule has 0 aliphatic carbocycles. The lowest BCUT2D eigenvalue weighted by molar-refractivity contribution is 0.367. The van der Waals surface area contributed by atoms with E-state index in [1.165, 1.54) is 4.90 Å². The lowest BCUT2D eigenvalue weighted by Crippen LogP contribution is -2.33. The molecule has 1 aliphatic heterocycles. The average Bonchev–Trinajstić information content (AvgIpc) is 2.75. The van der Waals surface area contributed by atoms with Gasteiger partial charge >= 0.3 is 0 Å². The molecule has 1 aromatic carbocycles. The second-order valence-corrected chi connectivity index (χ2v) is 6.79. The second-order valence-electron chi connectivity index (χ2n) is 5.70. The van der Waals surface area contributed by atoms with Gasteiger partial charge in [0.05, 0.1) is 11.9 Å². The number of rotatable bonds is 6. The van der Waals surface area contributed by atoms with Gasteiger partial charge in [0.15, 0.2) is 0 Å². The summed E-state index contributed by atoms with van der Waals surface area (Å²) in [5.74, 6) is 0.971. The van der Waals surface area contributed by atoms with Gasteiger partial charge in [0, 0.05) is 29.8 Å². The molecule has 0 unspecified atom stereocenters. The Labute approximate surface area is 120 Å². The van der Waals surface area contributed by atoms with E-state index in [0.717, 1.165) is 25.3 Å². The van der Waals surface area contributed by atoms with E-state index in [0.29, 0.717) is 0 Å². The molecular weight excluding hydrogens is 254 g/mol. The first-order chi connectivity index (χ1) is 9.05. The van der Waals surface area contributed by atoms with Crippen LogP contribution in [0.3, 0.4) is 0 Å². The molecule has 0 bridgehead atoms.